The average molecular weight is 210 g/mol. The van der Waals surface area contributed by atoms with Crippen LogP contribution in [0.5, 0.6) is 0 Å². The molecule has 3 heteroatoms. The molecule has 0 fully saturated rings. The maximum Gasteiger partial charge on any atom is 0.223 e. The second-order valence-electron chi connectivity index (χ2n) is 4.32. The normalized spacial score (nSPS) is 22.4. The first-order valence-corrected chi connectivity index (χ1v) is 5.89. The fraction of sp³-hybridized carbons (Fsp3) is 0.750. The number of carbonyl (C=O) groups is 1. The molecule has 3 N–H and O–H groups in total. The number of nitrogens with two attached hydrogens (primary N) is 1. The van der Waals surface area contributed by atoms with Crippen LogP contribution in [0.2, 0.25) is 0 Å². The number of rotatable bonds is 5. The average Bonchev–Trinajstić information content (AvgIpc) is 2.27. The molecule has 86 valence electrons. The van der Waals surface area contributed by atoms with Crippen molar-refractivity contribution in [3.05, 3.63) is 12.2 Å². The number of nitrogens with one attached hydrogen (secondary N) is 1. The standard InChI is InChI=1S/C12H22N2O/c1-10(6-5-9-13)12(15)14-11-7-3-2-4-8-11/h2-3,10-11H,4-9,13H2,1H3,(H,14,15). The predicted octanol–water partition coefficient (Wildman–Crippen LogP) is 1.59. The molecule has 3 nitrogen and oxygen atoms in total. The van der Waals surface area contributed by atoms with Crippen molar-refractivity contribution in [2.24, 2.45) is 11.7 Å². The van der Waals surface area contributed by atoms with Crippen molar-refractivity contribution in [3.63, 3.8) is 0 Å². The Morgan fingerprint density at radius 2 is 2.40 bits per heavy atom. The van der Waals surface area contributed by atoms with Gasteiger partial charge < -0.3 is 11.1 Å². The molecule has 0 radical (unpaired) electrons. The zero-order valence-corrected chi connectivity index (χ0v) is 9.54. The van der Waals surface area contributed by atoms with Crippen LogP contribution in [0.4, 0.5) is 0 Å². The minimum atomic E-state index is 0.0967. The van der Waals surface area contributed by atoms with Crippen molar-refractivity contribution in [2.45, 2.75) is 45.1 Å². The van der Waals surface area contributed by atoms with Crippen LogP contribution in [0.3, 0.4) is 0 Å². The van der Waals surface area contributed by atoms with Crippen LogP contribution in [0.25, 0.3) is 0 Å². The van der Waals surface area contributed by atoms with Gasteiger partial charge in [-0.3, -0.25) is 4.79 Å². The molecule has 1 amide bonds. The van der Waals surface area contributed by atoms with E-state index in [0.717, 1.165) is 32.1 Å². The van der Waals surface area contributed by atoms with Gasteiger partial charge in [0.1, 0.15) is 0 Å². The van der Waals surface area contributed by atoms with Crippen molar-refractivity contribution >= 4 is 5.91 Å². The van der Waals surface area contributed by atoms with Crippen LogP contribution in [0, 0.1) is 5.92 Å². The van der Waals surface area contributed by atoms with E-state index in [1.807, 2.05) is 6.92 Å². The van der Waals surface area contributed by atoms with Crippen molar-refractivity contribution in [2.75, 3.05) is 6.54 Å². The van der Waals surface area contributed by atoms with Crippen LogP contribution in [0.1, 0.15) is 39.0 Å². The Bertz CT molecular complexity index is 226. The molecule has 0 bridgehead atoms. The third-order valence-corrected chi connectivity index (χ3v) is 2.90. The van der Waals surface area contributed by atoms with E-state index in [4.69, 9.17) is 5.73 Å². The third kappa shape index (κ3) is 4.47. The highest BCUT2D eigenvalue weighted by Gasteiger charge is 2.17. The van der Waals surface area contributed by atoms with E-state index < -0.39 is 0 Å². The number of amides is 1. The van der Waals surface area contributed by atoms with Gasteiger partial charge in [0, 0.05) is 12.0 Å². The number of carbonyl (C=O) groups excluding carboxylic acids is 1. The minimum absolute atomic E-state index is 0.0967. The molecular formula is C12H22N2O. The van der Waals surface area contributed by atoms with E-state index >= 15 is 0 Å². The molecule has 0 saturated heterocycles. The first-order chi connectivity index (χ1) is 7.24. The molecule has 1 aliphatic rings. The van der Waals surface area contributed by atoms with E-state index in [2.05, 4.69) is 17.5 Å². The topological polar surface area (TPSA) is 55.1 Å². The Balaban J connectivity index is 2.24. The lowest BCUT2D eigenvalue weighted by Gasteiger charge is -2.21. The number of allylic oxidation sites excluding steroid dienone is 1. The Kier molecular flexibility index (Phi) is 5.40. The van der Waals surface area contributed by atoms with Gasteiger partial charge in [-0.15, -0.1) is 0 Å². The molecule has 0 saturated carbocycles. The largest absolute Gasteiger partial charge is 0.353 e. The molecule has 0 spiro atoms. The van der Waals surface area contributed by atoms with E-state index in [0.29, 0.717) is 12.6 Å². The third-order valence-electron chi connectivity index (χ3n) is 2.90. The fourth-order valence-electron chi connectivity index (χ4n) is 1.82. The van der Waals surface area contributed by atoms with Crippen LogP contribution in [-0.2, 0) is 4.79 Å². The number of hydrogen-bond donors (Lipinski definition) is 2. The number of hydrogen-bond acceptors (Lipinski definition) is 2. The predicted molar refractivity (Wildman–Crippen MR) is 62.4 cm³/mol. The monoisotopic (exact) mass is 210 g/mol. The summed E-state index contributed by atoms with van der Waals surface area (Å²) in [6, 6.07) is 0.350. The van der Waals surface area contributed by atoms with Gasteiger partial charge in [0.25, 0.3) is 0 Å². The summed E-state index contributed by atoms with van der Waals surface area (Å²) in [7, 11) is 0. The van der Waals surface area contributed by atoms with Crippen LogP contribution in [0.15, 0.2) is 12.2 Å². The maximum atomic E-state index is 11.7. The Morgan fingerprint density at radius 3 is 3.00 bits per heavy atom. The molecule has 2 atom stereocenters. The minimum Gasteiger partial charge on any atom is -0.353 e. The summed E-state index contributed by atoms with van der Waals surface area (Å²) in [6.07, 6.45) is 9.30. The Hall–Kier alpha value is -0.830. The lowest BCUT2D eigenvalue weighted by Crippen LogP contribution is -2.38. The van der Waals surface area contributed by atoms with E-state index in [1.165, 1.54) is 0 Å². The summed E-state index contributed by atoms with van der Waals surface area (Å²) in [5.74, 6) is 0.281. The van der Waals surface area contributed by atoms with E-state index in [9.17, 15) is 4.79 Å². The van der Waals surface area contributed by atoms with Gasteiger partial charge in [-0.05, 0) is 38.6 Å². The molecule has 2 unspecified atom stereocenters. The smallest absolute Gasteiger partial charge is 0.223 e. The molecule has 0 aliphatic heterocycles. The fourth-order valence-corrected chi connectivity index (χ4v) is 1.82. The summed E-state index contributed by atoms with van der Waals surface area (Å²) in [5, 5.41) is 3.10. The summed E-state index contributed by atoms with van der Waals surface area (Å²) < 4.78 is 0. The second-order valence-corrected chi connectivity index (χ2v) is 4.32. The maximum absolute atomic E-state index is 11.7. The lowest BCUT2D eigenvalue weighted by molar-refractivity contribution is -0.125. The van der Waals surface area contributed by atoms with Crippen molar-refractivity contribution in [1.29, 1.82) is 0 Å². The molecule has 0 aromatic carbocycles. The Morgan fingerprint density at radius 1 is 1.60 bits per heavy atom. The van der Waals surface area contributed by atoms with Crippen LogP contribution < -0.4 is 11.1 Å². The molecule has 0 aromatic rings. The van der Waals surface area contributed by atoms with Gasteiger partial charge >= 0.3 is 0 Å². The highest BCUT2D eigenvalue weighted by Crippen LogP contribution is 2.12. The van der Waals surface area contributed by atoms with E-state index in [1.54, 1.807) is 0 Å². The van der Waals surface area contributed by atoms with E-state index in [-0.39, 0.29) is 11.8 Å². The van der Waals surface area contributed by atoms with Crippen LogP contribution >= 0.6 is 0 Å². The molecule has 0 heterocycles. The second kappa shape index (κ2) is 6.62. The van der Waals surface area contributed by atoms with Gasteiger partial charge in [-0.2, -0.15) is 0 Å². The summed E-state index contributed by atoms with van der Waals surface area (Å²) in [4.78, 5) is 11.7. The first kappa shape index (κ1) is 12.2. The highest BCUT2D eigenvalue weighted by atomic mass is 16.1. The molecular weight excluding hydrogens is 188 g/mol. The van der Waals surface area contributed by atoms with Crippen molar-refractivity contribution in [1.82, 2.24) is 5.32 Å². The van der Waals surface area contributed by atoms with Gasteiger partial charge in [-0.1, -0.05) is 19.1 Å². The summed E-state index contributed by atoms with van der Waals surface area (Å²) >= 11 is 0. The molecule has 1 aliphatic carbocycles. The lowest BCUT2D eigenvalue weighted by atomic mass is 9.99. The summed E-state index contributed by atoms with van der Waals surface area (Å²) in [6.45, 7) is 2.65. The van der Waals surface area contributed by atoms with Crippen molar-refractivity contribution < 1.29 is 4.79 Å². The molecule has 0 aromatic heterocycles. The quantitative estimate of drug-likeness (QED) is 0.677. The zero-order chi connectivity index (χ0) is 11.1. The van der Waals surface area contributed by atoms with Gasteiger partial charge in [-0.25, -0.2) is 0 Å². The molecule has 15 heavy (non-hydrogen) atoms. The van der Waals surface area contributed by atoms with Crippen LogP contribution in [-0.4, -0.2) is 18.5 Å². The van der Waals surface area contributed by atoms with Crippen molar-refractivity contribution in [3.8, 4) is 0 Å². The van der Waals surface area contributed by atoms with Gasteiger partial charge in [0.2, 0.25) is 5.91 Å². The molecule has 1 rings (SSSR count). The SMILES string of the molecule is CC(CCCN)C(=O)NC1CC=CCC1. The summed E-state index contributed by atoms with van der Waals surface area (Å²) in [5.41, 5.74) is 5.42. The van der Waals surface area contributed by atoms with Gasteiger partial charge in [0.15, 0.2) is 0 Å². The zero-order valence-electron chi connectivity index (χ0n) is 9.54. The Labute approximate surface area is 92.1 Å². The van der Waals surface area contributed by atoms with Gasteiger partial charge in [0.05, 0.1) is 0 Å². The highest BCUT2D eigenvalue weighted by molar-refractivity contribution is 5.78. The first-order valence-electron chi connectivity index (χ1n) is 5.89.